The van der Waals surface area contributed by atoms with Gasteiger partial charge in [0.1, 0.15) is 0 Å². The first-order chi connectivity index (χ1) is 32.3. The third-order valence-electron chi connectivity index (χ3n) is 14.9. The van der Waals surface area contributed by atoms with Crippen LogP contribution in [-0.2, 0) is 10.8 Å². The lowest BCUT2D eigenvalue weighted by atomic mass is 9.78. The van der Waals surface area contributed by atoms with E-state index in [2.05, 4.69) is 245 Å². The fourth-order valence-corrected chi connectivity index (χ4v) is 13.0. The average Bonchev–Trinajstić information content (AvgIpc) is 3.95. The molecule has 13 rings (SSSR count). The Hall–Kier alpha value is -7.52. The standard InChI is InChI=1S/C64H47NS/c1-63(2)56-24-11-9-19-50(56)52-38-36-45(39-58(52)63)65(44-34-29-42(30-35-44)47-21-14-26-59-60(47)55-37-31-40-15-5-6-17-48(40)62(55)66-59)43-32-27-41(28-33-43)46-16-7-8-18-49(46)53-22-13-23-54-51-20-10-12-25-57(51)64(3,4)61(53)54/h5-39H,1-4H3. The first-order valence-corrected chi connectivity index (χ1v) is 24.0. The third kappa shape index (κ3) is 5.71. The van der Waals surface area contributed by atoms with Crippen LogP contribution in [0.5, 0.6) is 0 Å². The maximum atomic E-state index is 2.44. The Kier molecular flexibility index (Phi) is 8.54. The number of benzene rings is 10. The molecule has 11 aromatic rings. The van der Waals surface area contributed by atoms with E-state index in [4.69, 9.17) is 0 Å². The topological polar surface area (TPSA) is 3.24 Å². The zero-order valence-electron chi connectivity index (χ0n) is 37.6. The van der Waals surface area contributed by atoms with Crippen LogP contribution in [0.1, 0.15) is 49.9 Å². The van der Waals surface area contributed by atoms with Gasteiger partial charge in [0.25, 0.3) is 0 Å². The second kappa shape index (κ2) is 14.5. The van der Waals surface area contributed by atoms with Gasteiger partial charge >= 0.3 is 0 Å². The van der Waals surface area contributed by atoms with Crippen molar-refractivity contribution >= 4 is 59.3 Å². The highest BCUT2D eigenvalue weighted by Crippen LogP contribution is 2.54. The molecular weight excluding hydrogens is 815 g/mol. The predicted molar refractivity (Wildman–Crippen MR) is 283 cm³/mol. The predicted octanol–water partition coefficient (Wildman–Crippen LogP) is 18.3. The molecule has 1 aromatic heterocycles. The van der Waals surface area contributed by atoms with Gasteiger partial charge in [0.2, 0.25) is 0 Å². The average molecular weight is 862 g/mol. The number of anilines is 3. The van der Waals surface area contributed by atoms with E-state index < -0.39 is 0 Å². The molecule has 0 N–H and O–H groups in total. The van der Waals surface area contributed by atoms with Gasteiger partial charge in [0, 0.05) is 48.1 Å². The molecule has 0 radical (unpaired) electrons. The van der Waals surface area contributed by atoms with Crippen molar-refractivity contribution in [2.75, 3.05) is 4.90 Å². The van der Waals surface area contributed by atoms with Crippen molar-refractivity contribution in [2.45, 2.75) is 38.5 Å². The highest BCUT2D eigenvalue weighted by atomic mass is 32.1. The summed E-state index contributed by atoms with van der Waals surface area (Å²) in [6.07, 6.45) is 0. The summed E-state index contributed by atoms with van der Waals surface area (Å²) in [5, 5.41) is 5.26. The molecule has 66 heavy (non-hydrogen) atoms. The van der Waals surface area contributed by atoms with Gasteiger partial charge in [-0.05, 0) is 131 Å². The molecule has 2 aliphatic rings. The zero-order valence-corrected chi connectivity index (χ0v) is 38.4. The summed E-state index contributed by atoms with van der Waals surface area (Å²) in [4.78, 5) is 2.44. The Balaban J connectivity index is 0.926. The lowest BCUT2D eigenvalue weighted by Crippen LogP contribution is -2.16. The van der Waals surface area contributed by atoms with Gasteiger partial charge in [-0.3, -0.25) is 0 Å². The van der Waals surface area contributed by atoms with Gasteiger partial charge in [0.15, 0.2) is 0 Å². The zero-order chi connectivity index (χ0) is 44.3. The number of rotatable bonds is 6. The number of thiophene rings is 1. The lowest BCUT2D eigenvalue weighted by molar-refractivity contribution is 0.660. The van der Waals surface area contributed by atoms with Gasteiger partial charge < -0.3 is 4.90 Å². The van der Waals surface area contributed by atoms with Crippen molar-refractivity contribution < 1.29 is 0 Å². The van der Waals surface area contributed by atoms with Gasteiger partial charge in [-0.15, -0.1) is 11.3 Å². The van der Waals surface area contributed by atoms with Gasteiger partial charge in [-0.25, -0.2) is 0 Å². The molecular formula is C64H47NS. The molecule has 10 aromatic carbocycles. The Bertz CT molecular complexity index is 3750. The molecule has 0 aliphatic heterocycles. The van der Waals surface area contributed by atoms with Gasteiger partial charge in [-0.1, -0.05) is 198 Å². The van der Waals surface area contributed by atoms with E-state index in [0.717, 1.165) is 17.1 Å². The summed E-state index contributed by atoms with van der Waals surface area (Å²) >= 11 is 1.90. The van der Waals surface area contributed by atoms with E-state index in [1.165, 1.54) is 109 Å². The summed E-state index contributed by atoms with van der Waals surface area (Å²) in [5.74, 6) is 0. The molecule has 0 saturated carbocycles. The number of fused-ring (bicyclic) bond motifs is 11. The summed E-state index contributed by atoms with van der Waals surface area (Å²) in [7, 11) is 0. The Morgan fingerprint density at radius 2 is 0.864 bits per heavy atom. The highest BCUT2D eigenvalue weighted by molar-refractivity contribution is 7.26. The second-order valence-electron chi connectivity index (χ2n) is 19.2. The van der Waals surface area contributed by atoms with Crippen molar-refractivity contribution in [2.24, 2.45) is 0 Å². The quantitative estimate of drug-likeness (QED) is 0.161. The minimum atomic E-state index is -0.119. The molecule has 0 spiro atoms. The maximum Gasteiger partial charge on any atom is 0.0465 e. The molecule has 1 nitrogen and oxygen atoms in total. The first-order valence-electron chi connectivity index (χ1n) is 23.2. The fourth-order valence-electron chi connectivity index (χ4n) is 11.7. The summed E-state index contributed by atoms with van der Waals surface area (Å²) in [5.41, 5.74) is 21.5. The van der Waals surface area contributed by atoms with Crippen molar-refractivity contribution in [3.8, 4) is 55.6 Å². The van der Waals surface area contributed by atoms with Crippen LogP contribution in [0.25, 0.3) is 86.6 Å². The Labute approximate surface area is 390 Å². The van der Waals surface area contributed by atoms with E-state index in [1.54, 1.807) is 0 Å². The minimum absolute atomic E-state index is 0.111. The Morgan fingerprint density at radius 3 is 1.59 bits per heavy atom. The summed E-state index contributed by atoms with van der Waals surface area (Å²) < 4.78 is 2.67. The second-order valence-corrected chi connectivity index (χ2v) is 20.3. The SMILES string of the molecule is CC1(C)c2ccccc2-c2ccc(N(c3ccc(-c4ccccc4-c4cccc5c4C(C)(C)c4ccccc4-5)cc3)c3ccc(-c4cccc5sc6c7ccccc7ccc6c45)cc3)cc21. The number of hydrogen-bond donors (Lipinski definition) is 0. The molecule has 0 atom stereocenters. The summed E-state index contributed by atoms with van der Waals surface area (Å²) in [6, 6.07) is 79.4. The summed E-state index contributed by atoms with van der Waals surface area (Å²) in [6.45, 7) is 9.49. The molecule has 0 amide bonds. The monoisotopic (exact) mass is 861 g/mol. The van der Waals surface area contributed by atoms with Crippen molar-refractivity contribution in [1.82, 2.24) is 0 Å². The van der Waals surface area contributed by atoms with Crippen LogP contribution in [0.3, 0.4) is 0 Å². The molecule has 2 aliphatic carbocycles. The maximum absolute atomic E-state index is 2.44. The van der Waals surface area contributed by atoms with Crippen LogP contribution in [0.2, 0.25) is 0 Å². The van der Waals surface area contributed by atoms with Crippen LogP contribution >= 0.6 is 11.3 Å². The van der Waals surface area contributed by atoms with Crippen molar-refractivity contribution in [1.29, 1.82) is 0 Å². The normalized spacial score (nSPS) is 14.0. The molecule has 2 heteroatoms. The van der Waals surface area contributed by atoms with Crippen LogP contribution < -0.4 is 4.90 Å². The van der Waals surface area contributed by atoms with Crippen LogP contribution in [0.4, 0.5) is 17.1 Å². The van der Waals surface area contributed by atoms with E-state index in [1.807, 2.05) is 11.3 Å². The van der Waals surface area contributed by atoms with E-state index >= 15 is 0 Å². The number of nitrogens with zero attached hydrogens (tertiary/aromatic N) is 1. The van der Waals surface area contributed by atoms with E-state index in [-0.39, 0.29) is 10.8 Å². The third-order valence-corrected chi connectivity index (χ3v) is 16.1. The highest BCUT2D eigenvalue weighted by Gasteiger charge is 2.38. The van der Waals surface area contributed by atoms with Crippen molar-refractivity contribution in [3.05, 3.63) is 235 Å². The minimum Gasteiger partial charge on any atom is -0.310 e. The molecule has 0 unspecified atom stereocenters. The number of hydrogen-bond acceptors (Lipinski definition) is 2. The smallest absolute Gasteiger partial charge is 0.0465 e. The first kappa shape index (κ1) is 38.9. The molecule has 0 fully saturated rings. The van der Waals surface area contributed by atoms with Crippen LogP contribution in [0.15, 0.2) is 212 Å². The Morgan fingerprint density at radius 1 is 0.348 bits per heavy atom. The molecule has 1 heterocycles. The van der Waals surface area contributed by atoms with Crippen LogP contribution in [0, 0.1) is 0 Å². The lowest BCUT2D eigenvalue weighted by Gasteiger charge is -2.28. The largest absolute Gasteiger partial charge is 0.310 e. The van der Waals surface area contributed by atoms with E-state index in [0.29, 0.717) is 0 Å². The van der Waals surface area contributed by atoms with Crippen LogP contribution in [-0.4, -0.2) is 0 Å². The molecule has 0 bridgehead atoms. The fraction of sp³-hybridized carbons (Fsp3) is 0.0938. The molecule has 314 valence electrons. The van der Waals surface area contributed by atoms with Crippen molar-refractivity contribution in [3.63, 3.8) is 0 Å². The van der Waals surface area contributed by atoms with Gasteiger partial charge in [-0.2, -0.15) is 0 Å². The van der Waals surface area contributed by atoms with E-state index in [9.17, 15) is 0 Å². The molecule has 0 saturated heterocycles. The van der Waals surface area contributed by atoms with Gasteiger partial charge in [0.05, 0.1) is 0 Å².